The van der Waals surface area contributed by atoms with Crippen molar-refractivity contribution in [2.75, 3.05) is 7.05 Å². The second-order valence-electron chi connectivity index (χ2n) is 1.16. The van der Waals surface area contributed by atoms with Gasteiger partial charge in [-0.1, -0.05) is 0 Å². The van der Waals surface area contributed by atoms with Crippen molar-refractivity contribution in [1.82, 2.24) is 5.43 Å². The third-order valence-electron chi connectivity index (χ3n) is 0.563. The molecule has 0 unspecified atom stereocenters. The summed E-state index contributed by atoms with van der Waals surface area (Å²) in [4.78, 5) is 10.1. The summed E-state index contributed by atoms with van der Waals surface area (Å²) in [5, 5.41) is 11.4. The predicted octanol–water partition coefficient (Wildman–Crippen LogP) is -1.43. The van der Waals surface area contributed by atoms with Crippen LogP contribution in [0.25, 0.3) is 0 Å². The number of carbonyl (C=O) groups is 1. The van der Waals surface area contributed by atoms with Gasteiger partial charge in [-0.3, -0.25) is 4.79 Å². The molecule has 0 bridgehead atoms. The number of hydrogen-bond donors (Lipinski definition) is 2. The molecular formula is C4H6N4O. The first kappa shape index (κ1) is 7.43. The normalized spacial score (nSPS) is 10.0. The molecule has 0 fully saturated rings. The number of amides is 1. The van der Waals surface area contributed by atoms with Crippen LogP contribution in [0.5, 0.6) is 0 Å². The largest absolute Gasteiger partial charge is 0.364 e. The van der Waals surface area contributed by atoms with E-state index in [9.17, 15) is 4.79 Å². The average Bonchev–Trinajstić information content (AvgIpc) is 1.82. The minimum absolute atomic E-state index is 0.322. The molecule has 0 atom stereocenters. The second-order valence-corrected chi connectivity index (χ2v) is 1.16. The third-order valence-corrected chi connectivity index (χ3v) is 0.563. The Labute approximate surface area is 52.1 Å². The van der Waals surface area contributed by atoms with E-state index in [0.29, 0.717) is 0 Å². The Balaban J connectivity index is 4.20. The molecular weight excluding hydrogens is 120 g/mol. The molecule has 5 heteroatoms. The van der Waals surface area contributed by atoms with E-state index in [1.165, 1.54) is 13.1 Å². The topological polar surface area (TPSA) is 91.3 Å². The summed E-state index contributed by atoms with van der Waals surface area (Å²) in [6.07, 6.45) is 0. The Morgan fingerprint density at radius 3 is 2.56 bits per heavy atom. The van der Waals surface area contributed by atoms with Crippen LogP contribution in [0.4, 0.5) is 0 Å². The molecule has 48 valence electrons. The Hall–Kier alpha value is -1.57. The van der Waals surface area contributed by atoms with E-state index >= 15 is 0 Å². The average molecular weight is 126 g/mol. The lowest BCUT2D eigenvalue weighted by molar-refractivity contribution is -0.111. The highest BCUT2D eigenvalue weighted by atomic mass is 16.1. The van der Waals surface area contributed by atoms with Crippen molar-refractivity contribution in [1.29, 1.82) is 5.26 Å². The highest BCUT2D eigenvalue weighted by Crippen LogP contribution is 1.68. The molecule has 0 heterocycles. The molecule has 0 radical (unpaired) electrons. The molecule has 0 aromatic carbocycles. The molecule has 0 aliphatic rings. The molecule has 0 saturated carbocycles. The molecule has 0 aliphatic heterocycles. The van der Waals surface area contributed by atoms with E-state index < -0.39 is 5.91 Å². The van der Waals surface area contributed by atoms with Crippen LogP contribution in [0.3, 0.4) is 0 Å². The van der Waals surface area contributed by atoms with Crippen molar-refractivity contribution in [3.05, 3.63) is 0 Å². The Morgan fingerprint density at radius 1 is 1.89 bits per heavy atom. The molecule has 0 spiro atoms. The van der Waals surface area contributed by atoms with Crippen molar-refractivity contribution >= 4 is 11.6 Å². The maximum absolute atomic E-state index is 10.1. The first-order valence-corrected chi connectivity index (χ1v) is 2.16. The summed E-state index contributed by atoms with van der Waals surface area (Å²) in [7, 11) is 1.47. The van der Waals surface area contributed by atoms with Crippen molar-refractivity contribution in [2.45, 2.75) is 0 Å². The van der Waals surface area contributed by atoms with Crippen molar-refractivity contribution in [3.8, 4) is 6.07 Å². The maximum Gasteiger partial charge on any atom is 0.280 e. The van der Waals surface area contributed by atoms with Gasteiger partial charge in [0.2, 0.25) is 5.71 Å². The van der Waals surface area contributed by atoms with Crippen LogP contribution < -0.4 is 11.2 Å². The molecule has 3 N–H and O–H groups in total. The maximum atomic E-state index is 10.1. The molecule has 1 amide bonds. The van der Waals surface area contributed by atoms with E-state index in [0.717, 1.165) is 0 Å². The summed E-state index contributed by atoms with van der Waals surface area (Å²) < 4.78 is 0. The molecule has 0 aliphatic carbocycles. The van der Waals surface area contributed by atoms with Crippen LogP contribution in [0.2, 0.25) is 0 Å². The molecule has 9 heavy (non-hydrogen) atoms. The summed E-state index contributed by atoms with van der Waals surface area (Å²) in [6.45, 7) is 0. The van der Waals surface area contributed by atoms with Crippen LogP contribution >= 0.6 is 0 Å². The smallest absolute Gasteiger partial charge is 0.280 e. The van der Waals surface area contributed by atoms with Gasteiger partial charge in [0, 0.05) is 7.05 Å². The number of rotatable bonds is 2. The number of nitrogens with two attached hydrogens (primary N) is 1. The number of nitriles is 1. The number of nitrogens with one attached hydrogen (secondary N) is 1. The lowest BCUT2D eigenvalue weighted by Gasteiger charge is -1.87. The van der Waals surface area contributed by atoms with E-state index in [-0.39, 0.29) is 5.71 Å². The Kier molecular flexibility index (Phi) is 2.84. The highest BCUT2D eigenvalue weighted by Gasteiger charge is 2.02. The lowest BCUT2D eigenvalue weighted by Crippen LogP contribution is -2.23. The molecule has 0 aromatic rings. The van der Waals surface area contributed by atoms with Gasteiger partial charge in [0.1, 0.15) is 6.07 Å². The van der Waals surface area contributed by atoms with E-state index in [4.69, 9.17) is 11.0 Å². The van der Waals surface area contributed by atoms with Gasteiger partial charge in [-0.05, 0) is 0 Å². The molecule has 0 aromatic heterocycles. The fraction of sp³-hybridized carbons (Fsp3) is 0.250. The van der Waals surface area contributed by atoms with Crippen molar-refractivity contribution in [2.24, 2.45) is 10.8 Å². The second kappa shape index (κ2) is 3.43. The Bertz CT molecular complexity index is 177. The fourth-order valence-corrected chi connectivity index (χ4v) is 0.247. The zero-order chi connectivity index (χ0) is 7.28. The molecule has 5 nitrogen and oxygen atoms in total. The monoisotopic (exact) mass is 126 g/mol. The summed E-state index contributed by atoms with van der Waals surface area (Å²) in [5.74, 6) is -0.827. The summed E-state index contributed by atoms with van der Waals surface area (Å²) in [5.41, 5.74) is 6.64. The number of nitrogens with zero attached hydrogens (tertiary/aromatic N) is 2. The van der Waals surface area contributed by atoms with Gasteiger partial charge in [0.25, 0.3) is 5.91 Å². The van der Waals surface area contributed by atoms with Gasteiger partial charge in [-0.15, -0.1) is 0 Å². The number of hydrogen-bond acceptors (Lipinski definition) is 4. The first-order chi connectivity index (χ1) is 4.22. The van der Waals surface area contributed by atoms with Gasteiger partial charge < -0.3 is 11.2 Å². The standard InChI is InChI=1S/C4H6N4O/c1-7-8-3(2-5)4(6)9/h7H,1H3,(H2,6,9)/b8-3+. The fourth-order valence-electron chi connectivity index (χ4n) is 0.247. The van der Waals surface area contributed by atoms with Crippen LogP contribution in [-0.4, -0.2) is 18.7 Å². The summed E-state index contributed by atoms with van der Waals surface area (Å²) in [6, 6.07) is 1.52. The minimum Gasteiger partial charge on any atom is -0.364 e. The zero-order valence-corrected chi connectivity index (χ0v) is 4.88. The number of hydrazone groups is 1. The van der Waals surface area contributed by atoms with Crippen LogP contribution in [0, 0.1) is 11.3 Å². The van der Waals surface area contributed by atoms with Gasteiger partial charge in [0.15, 0.2) is 0 Å². The lowest BCUT2D eigenvalue weighted by atomic mass is 10.4. The molecule has 0 rings (SSSR count). The van der Waals surface area contributed by atoms with Gasteiger partial charge in [0.05, 0.1) is 0 Å². The summed E-state index contributed by atoms with van der Waals surface area (Å²) >= 11 is 0. The van der Waals surface area contributed by atoms with Crippen molar-refractivity contribution < 1.29 is 4.79 Å². The highest BCUT2D eigenvalue weighted by molar-refractivity contribution is 6.44. The quantitative estimate of drug-likeness (QED) is 0.351. The van der Waals surface area contributed by atoms with Crippen molar-refractivity contribution in [3.63, 3.8) is 0 Å². The minimum atomic E-state index is -0.827. The van der Waals surface area contributed by atoms with Gasteiger partial charge in [-0.2, -0.15) is 10.4 Å². The van der Waals surface area contributed by atoms with E-state index in [2.05, 4.69) is 10.5 Å². The van der Waals surface area contributed by atoms with Gasteiger partial charge in [-0.25, -0.2) is 0 Å². The molecule has 0 saturated heterocycles. The third kappa shape index (κ3) is 2.29. The van der Waals surface area contributed by atoms with E-state index in [1.54, 1.807) is 0 Å². The van der Waals surface area contributed by atoms with Gasteiger partial charge >= 0.3 is 0 Å². The number of carbonyl (C=O) groups excluding carboxylic acids is 1. The zero-order valence-electron chi connectivity index (χ0n) is 4.88. The SMILES string of the molecule is CN/N=C(\C#N)C(N)=O. The number of primary amides is 1. The first-order valence-electron chi connectivity index (χ1n) is 2.16. The van der Waals surface area contributed by atoms with E-state index in [1.807, 2.05) is 0 Å². The van der Waals surface area contributed by atoms with Crippen LogP contribution in [0.15, 0.2) is 5.10 Å². The van der Waals surface area contributed by atoms with Crippen LogP contribution in [-0.2, 0) is 4.79 Å². The van der Waals surface area contributed by atoms with Crippen LogP contribution in [0.1, 0.15) is 0 Å². The predicted molar refractivity (Wildman–Crippen MR) is 31.3 cm³/mol. The Morgan fingerprint density at radius 2 is 2.44 bits per heavy atom.